The van der Waals surface area contributed by atoms with Crippen LogP contribution < -0.4 is 5.32 Å². The maximum Gasteiger partial charge on any atom is 0.123 e. The van der Waals surface area contributed by atoms with Crippen LogP contribution in [0.2, 0.25) is 0 Å². The highest BCUT2D eigenvalue weighted by molar-refractivity contribution is 5.35. The Kier molecular flexibility index (Phi) is 2.65. The summed E-state index contributed by atoms with van der Waals surface area (Å²) >= 11 is 0. The number of rotatable bonds is 2. The Morgan fingerprint density at radius 1 is 1.12 bits per heavy atom. The lowest BCUT2D eigenvalue weighted by atomic mass is 9.99. The molecule has 0 amide bonds. The van der Waals surface area contributed by atoms with Crippen LogP contribution in [0.4, 0.5) is 4.39 Å². The van der Waals surface area contributed by atoms with Gasteiger partial charge in [-0.05, 0) is 35.2 Å². The lowest BCUT2D eigenvalue weighted by Crippen LogP contribution is -2.14. The van der Waals surface area contributed by atoms with E-state index in [1.165, 1.54) is 17.2 Å². The molecule has 2 aromatic carbocycles. The molecule has 1 unspecified atom stereocenters. The zero-order valence-corrected chi connectivity index (χ0v) is 9.49. The van der Waals surface area contributed by atoms with Crippen molar-refractivity contribution in [3.63, 3.8) is 0 Å². The zero-order chi connectivity index (χ0) is 11.7. The highest BCUT2D eigenvalue weighted by Gasteiger charge is 2.21. The summed E-state index contributed by atoms with van der Waals surface area (Å²) in [5.41, 5.74) is 3.74. The van der Waals surface area contributed by atoms with Crippen molar-refractivity contribution in [2.75, 3.05) is 0 Å². The molecule has 1 N–H and O–H groups in total. The van der Waals surface area contributed by atoms with Crippen molar-refractivity contribution >= 4 is 0 Å². The van der Waals surface area contributed by atoms with Crippen molar-refractivity contribution in [3.05, 3.63) is 71.0 Å². The van der Waals surface area contributed by atoms with Gasteiger partial charge in [0.2, 0.25) is 0 Å². The first-order valence-corrected chi connectivity index (χ1v) is 5.88. The smallest absolute Gasteiger partial charge is 0.123 e. The molecular formula is C15H14FN. The van der Waals surface area contributed by atoms with Gasteiger partial charge in [0.25, 0.3) is 0 Å². The summed E-state index contributed by atoms with van der Waals surface area (Å²) in [6, 6.07) is 15.6. The van der Waals surface area contributed by atoms with Crippen LogP contribution in [-0.2, 0) is 13.0 Å². The number of hydrogen-bond donors (Lipinski definition) is 1. The first-order chi connectivity index (χ1) is 8.33. The van der Waals surface area contributed by atoms with Crippen LogP contribution in [-0.4, -0.2) is 0 Å². The fraction of sp³-hybridized carbons (Fsp3) is 0.200. The minimum atomic E-state index is -0.159. The molecule has 0 aliphatic carbocycles. The average Bonchev–Trinajstić information content (AvgIpc) is 2.73. The molecule has 0 radical (unpaired) electrons. The predicted octanol–water partition coefficient (Wildman–Crippen LogP) is 3.21. The molecule has 0 saturated heterocycles. The Bertz CT molecular complexity index is 536. The predicted molar refractivity (Wildman–Crippen MR) is 66.1 cm³/mol. The lowest BCUT2D eigenvalue weighted by molar-refractivity contribution is 0.575. The highest BCUT2D eigenvalue weighted by atomic mass is 19.1. The van der Waals surface area contributed by atoms with Gasteiger partial charge in [-0.25, -0.2) is 4.39 Å². The number of fused-ring (bicyclic) bond motifs is 1. The summed E-state index contributed by atoms with van der Waals surface area (Å²) in [5, 5.41) is 3.47. The van der Waals surface area contributed by atoms with E-state index in [0.717, 1.165) is 18.5 Å². The van der Waals surface area contributed by atoms with E-state index in [4.69, 9.17) is 0 Å². The lowest BCUT2D eigenvalue weighted by Gasteiger charge is -2.12. The van der Waals surface area contributed by atoms with E-state index in [1.54, 1.807) is 12.1 Å². The molecule has 2 aromatic rings. The van der Waals surface area contributed by atoms with E-state index in [9.17, 15) is 4.39 Å². The molecule has 17 heavy (non-hydrogen) atoms. The Morgan fingerprint density at radius 2 is 2.00 bits per heavy atom. The quantitative estimate of drug-likeness (QED) is 0.830. The molecule has 1 heterocycles. The standard InChI is InChI=1S/C15H14FN/c16-13-6-3-4-11(8-13)9-15-14-7-2-1-5-12(14)10-17-15/h1-8,15,17H,9-10H2. The van der Waals surface area contributed by atoms with Gasteiger partial charge in [0.15, 0.2) is 0 Å². The van der Waals surface area contributed by atoms with Gasteiger partial charge >= 0.3 is 0 Å². The maximum absolute atomic E-state index is 13.1. The number of halogens is 1. The minimum absolute atomic E-state index is 0.159. The fourth-order valence-corrected chi connectivity index (χ4v) is 2.46. The van der Waals surface area contributed by atoms with Gasteiger partial charge in [0, 0.05) is 12.6 Å². The van der Waals surface area contributed by atoms with Crippen LogP contribution in [0.25, 0.3) is 0 Å². The van der Waals surface area contributed by atoms with Crippen molar-refractivity contribution in [1.29, 1.82) is 0 Å². The normalized spacial score (nSPS) is 18.1. The molecule has 1 aliphatic heterocycles. The van der Waals surface area contributed by atoms with Crippen LogP contribution >= 0.6 is 0 Å². The van der Waals surface area contributed by atoms with E-state index in [1.807, 2.05) is 6.07 Å². The molecule has 0 fully saturated rings. The molecule has 1 atom stereocenters. The molecule has 86 valence electrons. The van der Waals surface area contributed by atoms with E-state index in [2.05, 4.69) is 29.6 Å². The van der Waals surface area contributed by atoms with E-state index >= 15 is 0 Å². The maximum atomic E-state index is 13.1. The van der Waals surface area contributed by atoms with E-state index in [-0.39, 0.29) is 5.82 Å². The second kappa shape index (κ2) is 4.30. The highest BCUT2D eigenvalue weighted by Crippen LogP contribution is 2.27. The first kappa shape index (κ1) is 10.5. The third kappa shape index (κ3) is 2.08. The van der Waals surface area contributed by atoms with Crippen LogP contribution in [0.1, 0.15) is 22.7 Å². The summed E-state index contributed by atoms with van der Waals surface area (Å²) in [5.74, 6) is -0.159. The van der Waals surface area contributed by atoms with Crippen molar-refractivity contribution < 1.29 is 4.39 Å². The van der Waals surface area contributed by atoms with Crippen molar-refractivity contribution in [2.24, 2.45) is 0 Å². The number of hydrogen-bond acceptors (Lipinski definition) is 1. The summed E-state index contributed by atoms with van der Waals surface area (Å²) in [7, 11) is 0. The zero-order valence-electron chi connectivity index (χ0n) is 9.49. The average molecular weight is 227 g/mol. The van der Waals surface area contributed by atoms with Crippen molar-refractivity contribution in [3.8, 4) is 0 Å². The Labute approximate surface area is 100 Å². The van der Waals surface area contributed by atoms with Gasteiger partial charge < -0.3 is 5.32 Å². The van der Waals surface area contributed by atoms with Crippen molar-refractivity contribution in [2.45, 2.75) is 19.0 Å². The molecule has 0 bridgehead atoms. The van der Waals surface area contributed by atoms with Gasteiger partial charge in [-0.1, -0.05) is 36.4 Å². The Hall–Kier alpha value is -1.67. The van der Waals surface area contributed by atoms with Crippen LogP contribution in [0, 0.1) is 5.82 Å². The molecular weight excluding hydrogens is 213 g/mol. The number of nitrogens with one attached hydrogen (secondary N) is 1. The van der Waals surface area contributed by atoms with E-state index in [0.29, 0.717) is 6.04 Å². The third-order valence-corrected chi connectivity index (χ3v) is 3.30. The van der Waals surface area contributed by atoms with Gasteiger partial charge in [-0.15, -0.1) is 0 Å². The summed E-state index contributed by atoms with van der Waals surface area (Å²) in [6.45, 7) is 0.913. The van der Waals surface area contributed by atoms with Gasteiger partial charge in [0.05, 0.1) is 0 Å². The van der Waals surface area contributed by atoms with Crippen molar-refractivity contribution in [1.82, 2.24) is 5.32 Å². The largest absolute Gasteiger partial charge is 0.306 e. The third-order valence-electron chi connectivity index (χ3n) is 3.30. The Balaban J connectivity index is 1.84. The summed E-state index contributed by atoms with van der Waals surface area (Å²) in [6.07, 6.45) is 0.842. The molecule has 0 aromatic heterocycles. The molecule has 0 spiro atoms. The summed E-state index contributed by atoms with van der Waals surface area (Å²) < 4.78 is 13.1. The van der Waals surface area contributed by atoms with Crippen LogP contribution in [0.15, 0.2) is 48.5 Å². The number of benzene rings is 2. The Morgan fingerprint density at radius 3 is 2.88 bits per heavy atom. The summed E-state index contributed by atoms with van der Waals surface area (Å²) in [4.78, 5) is 0. The molecule has 2 heteroatoms. The topological polar surface area (TPSA) is 12.0 Å². The monoisotopic (exact) mass is 227 g/mol. The SMILES string of the molecule is Fc1cccc(CC2NCc3ccccc32)c1. The molecule has 1 aliphatic rings. The second-order valence-corrected chi connectivity index (χ2v) is 4.47. The second-order valence-electron chi connectivity index (χ2n) is 4.47. The van der Waals surface area contributed by atoms with E-state index < -0.39 is 0 Å². The molecule has 1 nitrogen and oxygen atoms in total. The van der Waals surface area contributed by atoms with Crippen LogP contribution in [0.5, 0.6) is 0 Å². The fourth-order valence-electron chi connectivity index (χ4n) is 2.46. The minimum Gasteiger partial charge on any atom is -0.306 e. The molecule has 3 rings (SSSR count). The van der Waals surface area contributed by atoms with Crippen LogP contribution in [0.3, 0.4) is 0 Å². The first-order valence-electron chi connectivity index (χ1n) is 5.88. The molecule has 0 saturated carbocycles. The van der Waals surface area contributed by atoms with Gasteiger partial charge in [-0.3, -0.25) is 0 Å². The van der Waals surface area contributed by atoms with Gasteiger partial charge in [0.1, 0.15) is 5.82 Å². The van der Waals surface area contributed by atoms with Gasteiger partial charge in [-0.2, -0.15) is 0 Å².